The van der Waals surface area contributed by atoms with E-state index in [0.29, 0.717) is 42.3 Å². The minimum Gasteiger partial charge on any atom is -0.494 e. The van der Waals surface area contributed by atoms with E-state index in [2.05, 4.69) is 20.8 Å². The molecule has 172 valence electrons. The Morgan fingerprint density at radius 2 is 1.28 bits per heavy atom. The summed E-state index contributed by atoms with van der Waals surface area (Å²) in [5.41, 5.74) is 1.10. The van der Waals surface area contributed by atoms with Gasteiger partial charge >= 0.3 is 0 Å². The molecule has 5 heteroatoms. The molecule has 0 aliphatic rings. The van der Waals surface area contributed by atoms with Gasteiger partial charge in [-0.2, -0.15) is 0 Å². The molecule has 1 aromatic heterocycles. The predicted octanol–water partition coefficient (Wildman–Crippen LogP) is 7.00. The lowest BCUT2D eigenvalue weighted by Gasteiger charge is -2.13. The summed E-state index contributed by atoms with van der Waals surface area (Å²) in [7, 11) is 0. The molecule has 0 spiro atoms. The van der Waals surface area contributed by atoms with Crippen LogP contribution in [0.15, 0.2) is 51.7 Å². The number of hydrogen-bond donors (Lipinski definition) is 0. The molecule has 32 heavy (non-hydrogen) atoms. The third kappa shape index (κ3) is 6.06. The molecule has 0 bridgehead atoms. The maximum absolute atomic E-state index is 13.3. The molecular formula is C27H34O5. The minimum absolute atomic E-state index is 0.166. The van der Waals surface area contributed by atoms with Crippen molar-refractivity contribution >= 4 is 11.0 Å². The first-order chi connectivity index (χ1) is 15.7. The van der Waals surface area contributed by atoms with Crippen molar-refractivity contribution in [1.29, 1.82) is 0 Å². The maximum Gasteiger partial charge on any atom is 0.235 e. The van der Waals surface area contributed by atoms with Crippen LogP contribution in [0, 0.1) is 0 Å². The van der Waals surface area contributed by atoms with Gasteiger partial charge in [0, 0.05) is 11.6 Å². The van der Waals surface area contributed by atoms with Gasteiger partial charge in [-0.25, -0.2) is 0 Å². The average Bonchev–Trinajstić information content (AvgIpc) is 2.81. The van der Waals surface area contributed by atoms with E-state index >= 15 is 0 Å². The number of benzene rings is 2. The quantitative estimate of drug-likeness (QED) is 0.269. The second-order valence-corrected chi connectivity index (χ2v) is 7.88. The third-order valence-electron chi connectivity index (χ3n) is 5.22. The van der Waals surface area contributed by atoms with Crippen molar-refractivity contribution in [2.45, 2.75) is 59.3 Å². The Hall–Kier alpha value is -2.95. The zero-order valence-corrected chi connectivity index (χ0v) is 19.4. The van der Waals surface area contributed by atoms with Gasteiger partial charge in [-0.05, 0) is 55.7 Å². The van der Waals surface area contributed by atoms with Gasteiger partial charge in [0.25, 0.3) is 0 Å². The lowest BCUT2D eigenvalue weighted by Crippen LogP contribution is -2.11. The molecule has 0 radical (unpaired) electrons. The molecule has 0 atom stereocenters. The predicted molar refractivity (Wildman–Crippen MR) is 129 cm³/mol. The van der Waals surface area contributed by atoms with Gasteiger partial charge in [0.05, 0.1) is 25.2 Å². The fourth-order valence-corrected chi connectivity index (χ4v) is 3.26. The van der Waals surface area contributed by atoms with Crippen LogP contribution in [-0.4, -0.2) is 19.8 Å². The van der Waals surface area contributed by atoms with Crippen LogP contribution in [0.5, 0.6) is 17.2 Å². The van der Waals surface area contributed by atoms with E-state index in [1.54, 1.807) is 12.1 Å². The smallest absolute Gasteiger partial charge is 0.235 e. The highest BCUT2D eigenvalue weighted by Gasteiger charge is 2.18. The number of rotatable bonds is 13. The molecule has 2 aromatic carbocycles. The molecule has 0 amide bonds. The highest BCUT2D eigenvalue weighted by atomic mass is 16.5. The highest BCUT2D eigenvalue weighted by molar-refractivity contribution is 5.83. The fraction of sp³-hybridized carbons (Fsp3) is 0.444. The number of ether oxygens (including phenoxy) is 3. The van der Waals surface area contributed by atoms with E-state index in [1.165, 1.54) is 0 Å². The molecule has 3 aromatic rings. The van der Waals surface area contributed by atoms with Crippen molar-refractivity contribution in [3.63, 3.8) is 0 Å². The van der Waals surface area contributed by atoms with Gasteiger partial charge < -0.3 is 18.6 Å². The van der Waals surface area contributed by atoms with E-state index in [0.717, 1.165) is 49.8 Å². The molecule has 0 saturated carbocycles. The van der Waals surface area contributed by atoms with Gasteiger partial charge in [0.1, 0.15) is 17.1 Å². The van der Waals surface area contributed by atoms with Gasteiger partial charge in [0.2, 0.25) is 11.2 Å². The van der Waals surface area contributed by atoms with Crippen LogP contribution < -0.4 is 19.6 Å². The Labute approximate surface area is 190 Å². The zero-order valence-electron chi connectivity index (χ0n) is 19.4. The largest absolute Gasteiger partial charge is 0.494 e. The van der Waals surface area contributed by atoms with Crippen molar-refractivity contribution in [3.8, 4) is 28.6 Å². The average molecular weight is 439 g/mol. The van der Waals surface area contributed by atoms with Crippen LogP contribution in [0.25, 0.3) is 22.3 Å². The Balaban J connectivity index is 1.98. The summed E-state index contributed by atoms with van der Waals surface area (Å²) in [4.78, 5) is 13.3. The van der Waals surface area contributed by atoms with Crippen LogP contribution in [0.1, 0.15) is 59.3 Å². The van der Waals surface area contributed by atoms with Crippen LogP contribution >= 0.6 is 0 Å². The summed E-state index contributed by atoms with van der Waals surface area (Å²) in [6.45, 7) is 8.13. The Kier molecular flexibility index (Phi) is 9.02. The molecule has 0 N–H and O–H groups in total. The first kappa shape index (κ1) is 23.7. The fourth-order valence-electron chi connectivity index (χ4n) is 3.26. The molecule has 5 nitrogen and oxygen atoms in total. The van der Waals surface area contributed by atoms with E-state index in [9.17, 15) is 4.79 Å². The molecule has 0 fully saturated rings. The van der Waals surface area contributed by atoms with E-state index in [-0.39, 0.29) is 11.2 Å². The zero-order chi connectivity index (χ0) is 22.8. The Morgan fingerprint density at radius 1 is 0.719 bits per heavy atom. The number of hydrogen-bond acceptors (Lipinski definition) is 5. The highest BCUT2D eigenvalue weighted by Crippen LogP contribution is 2.33. The summed E-state index contributed by atoms with van der Waals surface area (Å²) in [5.74, 6) is 2.18. The standard InChI is InChI=1S/C27H34O5/c1-4-7-16-29-21-12-10-20(11-13-21)26-27(31-18-9-6-3)25(28)23-15-14-22(19-24(23)32-26)30-17-8-5-2/h10-15,19H,4-9,16-18H2,1-3H3. The third-order valence-corrected chi connectivity index (χ3v) is 5.22. The van der Waals surface area contributed by atoms with Gasteiger partial charge in [-0.15, -0.1) is 0 Å². The Morgan fingerprint density at radius 3 is 1.91 bits per heavy atom. The van der Waals surface area contributed by atoms with Crippen LogP contribution in [-0.2, 0) is 0 Å². The van der Waals surface area contributed by atoms with Crippen molar-refractivity contribution in [2.24, 2.45) is 0 Å². The van der Waals surface area contributed by atoms with Crippen molar-refractivity contribution in [3.05, 3.63) is 52.7 Å². The van der Waals surface area contributed by atoms with Gasteiger partial charge in [-0.3, -0.25) is 4.79 Å². The van der Waals surface area contributed by atoms with Gasteiger partial charge in [0.15, 0.2) is 5.76 Å². The van der Waals surface area contributed by atoms with Crippen LogP contribution in [0.2, 0.25) is 0 Å². The maximum atomic E-state index is 13.3. The summed E-state index contributed by atoms with van der Waals surface area (Å²) in [6, 6.07) is 13.0. The summed E-state index contributed by atoms with van der Waals surface area (Å²) in [5, 5.41) is 0.489. The molecule has 1 heterocycles. The molecule has 3 rings (SSSR count). The first-order valence-corrected chi connectivity index (χ1v) is 11.8. The Bertz CT molecular complexity index is 1040. The van der Waals surface area contributed by atoms with Crippen LogP contribution in [0.3, 0.4) is 0 Å². The molecule has 0 unspecified atom stereocenters. The second-order valence-electron chi connectivity index (χ2n) is 7.88. The topological polar surface area (TPSA) is 57.9 Å². The van der Waals surface area contributed by atoms with Crippen molar-refractivity contribution in [1.82, 2.24) is 0 Å². The number of fused-ring (bicyclic) bond motifs is 1. The SMILES string of the molecule is CCCCOc1ccc(-c2oc3cc(OCCCC)ccc3c(=O)c2OCCCC)cc1. The normalized spacial score (nSPS) is 11.0. The van der Waals surface area contributed by atoms with Crippen LogP contribution in [0.4, 0.5) is 0 Å². The molecule has 0 aliphatic carbocycles. The summed E-state index contributed by atoms with van der Waals surface area (Å²) in [6.07, 6.45) is 5.98. The van der Waals surface area contributed by atoms with E-state index < -0.39 is 0 Å². The van der Waals surface area contributed by atoms with Crippen molar-refractivity contribution < 1.29 is 18.6 Å². The van der Waals surface area contributed by atoms with E-state index in [1.807, 2.05) is 30.3 Å². The number of unbranched alkanes of at least 4 members (excludes halogenated alkanes) is 3. The molecule has 0 aliphatic heterocycles. The first-order valence-electron chi connectivity index (χ1n) is 11.8. The molecule has 0 saturated heterocycles. The molecular weight excluding hydrogens is 404 g/mol. The van der Waals surface area contributed by atoms with E-state index in [4.69, 9.17) is 18.6 Å². The lowest BCUT2D eigenvalue weighted by atomic mass is 10.1. The monoisotopic (exact) mass is 438 g/mol. The minimum atomic E-state index is -0.166. The lowest BCUT2D eigenvalue weighted by molar-refractivity contribution is 0.300. The van der Waals surface area contributed by atoms with Gasteiger partial charge in [-0.1, -0.05) is 40.0 Å². The second kappa shape index (κ2) is 12.2. The van der Waals surface area contributed by atoms with Crippen molar-refractivity contribution in [2.75, 3.05) is 19.8 Å². The summed E-state index contributed by atoms with van der Waals surface area (Å²) < 4.78 is 23.7. The summed E-state index contributed by atoms with van der Waals surface area (Å²) >= 11 is 0.